The molecule has 2 heterocycles. The molecule has 1 saturated heterocycles. The third-order valence-electron chi connectivity index (χ3n) is 3.53. The number of nitrogens with zero attached hydrogens (tertiary/aromatic N) is 2. The molecular formula is C15H27N3O3S. The van der Waals surface area contributed by atoms with E-state index in [9.17, 15) is 8.42 Å². The Labute approximate surface area is 133 Å². The van der Waals surface area contributed by atoms with E-state index in [1.165, 1.54) is 0 Å². The van der Waals surface area contributed by atoms with Crippen molar-refractivity contribution in [2.24, 2.45) is 5.41 Å². The van der Waals surface area contributed by atoms with Crippen molar-refractivity contribution in [3.63, 3.8) is 0 Å². The Kier molecular flexibility index (Phi) is 4.99. The topological polar surface area (TPSA) is 73.2 Å². The Morgan fingerprint density at radius 1 is 1.45 bits per heavy atom. The summed E-state index contributed by atoms with van der Waals surface area (Å²) in [6.45, 7) is 10.4. The summed E-state index contributed by atoms with van der Waals surface area (Å²) in [5, 5.41) is 4.31. The molecule has 0 aliphatic carbocycles. The fraction of sp³-hybridized carbons (Fsp3) is 0.800. The maximum absolute atomic E-state index is 12.3. The number of hydrogen-bond donors (Lipinski definition) is 1. The first-order chi connectivity index (χ1) is 10.1. The average Bonchev–Trinajstić information content (AvgIpc) is 2.91. The lowest BCUT2D eigenvalue weighted by molar-refractivity contribution is 0.0938. The van der Waals surface area contributed by atoms with Gasteiger partial charge < -0.3 is 4.74 Å². The third-order valence-corrected chi connectivity index (χ3v) is 5.44. The lowest BCUT2D eigenvalue weighted by atomic mass is 10.0. The van der Waals surface area contributed by atoms with Crippen molar-refractivity contribution in [3.05, 3.63) is 18.0 Å². The van der Waals surface area contributed by atoms with Crippen molar-refractivity contribution < 1.29 is 13.2 Å². The van der Waals surface area contributed by atoms with E-state index in [1.54, 1.807) is 6.20 Å². The SMILES string of the molecule is CC(C)n1nccc1[C@H]1OCC[C@@H]1NS(=O)(=O)CC(C)(C)C. The number of hydrogen-bond acceptors (Lipinski definition) is 4. The average molecular weight is 329 g/mol. The van der Waals surface area contributed by atoms with E-state index in [4.69, 9.17) is 4.74 Å². The van der Waals surface area contributed by atoms with E-state index < -0.39 is 10.0 Å². The third kappa shape index (κ3) is 4.30. The van der Waals surface area contributed by atoms with Gasteiger partial charge in [0.2, 0.25) is 10.0 Å². The standard InChI is InChI=1S/C15H27N3O3S/c1-11(2)18-13(6-8-16-18)14-12(7-9-21-14)17-22(19,20)10-15(3,4)5/h6,8,11-12,14,17H,7,9-10H2,1-5H3/t12-,14-/m0/s1. The van der Waals surface area contributed by atoms with Crippen molar-refractivity contribution in [2.75, 3.05) is 12.4 Å². The van der Waals surface area contributed by atoms with Gasteiger partial charge in [0.15, 0.2) is 0 Å². The summed E-state index contributed by atoms with van der Waals surface area (Å²) in [6.07, 6.45) is 2.13. The van der Waals surface area contributed by atoms with E-state index >= 15 is 0 Å². The van der Waals surface area contributed by atoms with Gasteiger partial charge in [-0.15, -0.1) is 0 Å². The molecule has 0 bridgehead atoms. The quantitative estimate of drug-likeness (QED) is 0.899. The Hall–Kier alpha value is -0.920. The first-order valence-corrected chi connectivity index (χ1v) is 9.39. The lowest BCUT2D eigenvalue weighted by Crippen LogP contribution is -2.41. The molecule has 0 radical (unpaired) electrons. The number of sulfonamides is 1. The fourth-order valence-corrected chi connectivity index (χ4v) is 4.75. The number of aromatic nitrogens is 2. The zero-order valence-corrected chi connectivity index (χ0v) is 14.9. The summed E-state index contributed by atoms with van der Waals surface area (Å²) in [5.74, 6) is 0.104. The Morgan fingerprint density at radius 3 is 2.73 bits per heavy atom. The predicted octanol–water partition coefficient (Wildman–Crippen LogP) is 2.26. The molecular weight excluding hydrogens is 302 g/mol. The zero-order valence-electron chi connectivity index (χ0n) is 14.0. The fourth-order valence-electron chi connectivity index (χ4n) is 2.83. The number of nitrogens with one attached hydrogen (secondary N) is 1. The highest BCUT2D eigenvalue weighted by Crippen LogP contribution is 2.31. The van der Waals surface area contributed by atoms with Crippen molar-refractivity contribution in [3.8, 4) is 0 Å². The molecule has 2 atom stereocenters. The Bertz CT molecular complexity index is 602. The van der Waals surface area contributed by atoms with Gasteiger partial charge in [0, 0.05) is 18.8 Å². The van der Waals surface area contributed by atoms with Crippen LogP contribution in [0, 0.1) is 5.41 Å². The minimum absolute atomic E-state index is 0.104. The molecule has 2 rings (SSSR count). The molecule has 0 amide bonds. The molecule has 1 fully saturated rings. The van der Waals surface area contributed by atoms with Gasteiger partial charge in [-0.05, 0) is 31.7 Å². The second kappa shape index (κ2) is 6.29. The van der Waals surface area contributed by atoms with Crippen LogP contribution in [-0.4, -0.2) is 36.6 Å². The van der Waals surface area contributed by atoms with Gasteiger partial charge in [0.1, 0.15) is 6.10 Å². The van der Waals surface area contributed by atoms with Crippen LogP contribution in [0.4, 0.5) is 0 Å². The monoisotopic (exact) mass is 329 g/mol. The van der Waals surface area contributed by atoms with Crippen LogP contribution in [0.15, 0.2) is 12.3 Å². The maximum atomic E-state index is 12.3. The van der Waals surface area contributed by atoms with Gasteiger partial charge in [0.05, 0.1) is 17.5 Å². The first-order valence-electron chi connectivity index (χ1n) is 7.74. The van der Waals surface area contributed by atoms with Gasteiger partial charge in [0.25, 0.3) is 0 Å². The summed E-state index contributed by atoms with van der Waals surface area (Å²) < 4.78 is 35.2. The summed E-state index contributed by atoms with van der Waals surface area (Å²) in [7, 11) is -3.34. The smallest absolute Gasteiger partial charge is 0.212 e. The lowest BCUT2D eigenvalue weighted by Gasteiger charge is -2.24. The molecule has 1 aliphatic heterocycles. The second-order valence-electron chi connectivity index (χ2n) is 7.42. The molecule has 0 aromatic carbocycles. The van der Waals surface area contributed by atoms with Crippen LogP contribution in [0.5, 0.6) is 0 Å². The zero-order chi connectivity index (χ0) is 16.5. The van der Waals surface area contributed by atoms with Crippen LogP contribution < -0.4 is 4.72 Å². The molecule has 1 aromatic heterocycles. The molecule has 0 spiro atoms. The van der Waals surface area contributed by atoms with E-state index in [1.807, 2.05) is 45.4 Å². The van der Waals surface area contributed by atoms with Gasteiger partial charge in [-0.1, -0.05) is 20.8 Å². The van der Waals surface area contributed by atoms with Crippen molar-refractivity contribution in [2.45, 2.75) is 59.2 Å². The Morgan fingerprint density at radius 2 is 2.14 bits per heavy atom. The second-order valence-corrected chi connectivity index (χ2v) is 9.17. The van der Waals surface area contributed by atoms with E-state index in [0.29, 0.717) is 13.0 Å². The van der Waals surface area contributed by atoms with Crippen LogP contribution in [0.2, 0.25) is 0 Å². The summed E-state index contributed by atoms with van der Waals surface area (Å²) in [4.78, 5) is 0. The highest BCUT2D eigenvalue weighted by atomic mass is 32.2. The van der Waals surface area contributed by atoms with E-state index in [2.05, 4.69) is 9.82 Å². The van der Waals surface area contributed by atoms with E-state index in [-0.39, 0.29) is 29.4 Å². The molecule has 1 aliphatic rings. The summed E-state index contributed by atoms with van der Waals surface area (Å²) in [6, 6.07) is 1.88. The van der Waals surface area contributed by atoms with Crippen LogP contribution in [-0.2, 0) is 14.8 Å². The number of rotatable bonds is 5. The highest BCUT2D eigenvalue weighted by molar-refractivity contribution is 7.89. The molecule has 126 valence electrons. The van der Waals surface area contributed by atoms with Crippen molar-refractivity contribution >= 4 is 10.0 Å². The van der Waals surface area contributed by atoms with Gasteiger partial charge in [-0.3, -0.25) is 4.68 Å². The largest absolute Gasteiger partial charge is 0.370 e. The molecule has 7 heteroatoms. The first kappa shape index (κ1) is 17.4. The Balaban J connectivity index is 2.16. The molecule has 0 saturated carbocycles. The molecule has 22 heavy (non-hydrogen) atoms. The van der Waals surface area contributed by atoms with Crippen LogP contribution >= 0.6 is 0 Å². The molecule has 6 nitrogen and oxygen atoms in total. The molecule has 1 N–H and O–H groups in total. The number of ether oxygens (including phenoxy) is 1. The molecule has 0 unspecified atom stereocenters. The van der Waals surface area contributed by atoms with E-state index in [0.717, 1.165) is 5.69 Å². The highest BCUT2D eigenvalue weighted by Gasteiger charge is 2.36. The summed E-state index contributed by atoms with van der Waals surface area (Å²) in [5.41, 5.74) is 0.650. The van der Waals surface area contributed by atoms with Crippen molar-refractivity contribution in [1.82, 2.24) is 14.5 Å². The predicted molar refractivity (Wildman–Crippen MR) is 86.1 cm³/mol. The summed E-state index contributed by atoms with van der Waals surface area (Å²) >= 11 is 0. The minimum atomic E-state index is -3.34. The van der Waals surface area contributed by atoms with Crippen LogP contribution in [0.25, 0.3) is 0 Å². The maximum Gasteiger partial charge on any atom is 0.212 e. The van der Waals surface area contributed by atoms with Crippen LogP contribution in [0.1, 0.15) is 58.9 Å². The van der Waals surface area contributed by atoms with Gasteiger partial charge in [-0.2, -0.15) is 5.10 Å². The minimum Gasteiger partial charge on any atom is -0.370 e. The van der Waals surface area contributed by atoms with Gasteiger partial charge >= 0.3 is 0 Å². The molecule has 1 aromatic rings. The normalized spacial score (nSPS) is 23.4. The van der Waals surface area contributed by atoms with Crippen molar-refractivity contribution in [1.29, 1.82) is 0 Å². The van der Waals surface area contributed by atoms with Crippen LogP contribution in [0.3, 0.4) is 0 Å². The van der Waals surface area contributed by atoms with Gasteiger partial charge in [-0.25, -0.2) is 13.1 Å².